The minimum Gasteiger partial charge on any atom is -0.321 e. The van der Waals surface area contributed by atoms with Gasteiger partial charge in [0.15, 0.2) is 0 Å². The topological polar surface area (TPSA) is 47.3 Å². The van der Waals surface area contributed by atoms with Crippen LogP contribution in [0.1, 0.15) is 22.9 Å². The van der Waals surface area contributed by atoms with Gasteiger partial charge in [0.2, 0.25) is 0 Å². The molecule has 1 atom stereocenters. The Bertz CT molecular complexity index is 463. The van der Waals surface area contributed by atoms with Crippen molar-refractivity contribution in [2.75, 3.05) is 20.1 Å². The molecule has 2 amide bonds. The molecule has 1 saturated heterocycles. The number of nitrogens with zero attached hydrogens (tertiary/aromatic N) is 3. The molecule has 90 valence electrons. The van der Waals surface area contributed by atoms with Gasteiger partial charge in [0.1, 0.15) is 0 Å². The van der Waals surface area contributed by atoms with Gasteiger partial charge in [0.25, 0.3) is 0 Å². The lowest BCUT2D eigenvalue weighted by Crippen LogP contribution is -2.30. The Kier molecular flexibility index (Phi) is 3.34. The quantitative estimate of drug-likeness (QED) is 0.825. The third-order valence-corrected chi connectivity index (χ3v) is 4.25. The van der Waals surface area contributed by atoms with Crippen molar-refractivity contribution in [3.63, 3.8) is 0 Å². The number of carbonyl (C=O) groups excluding carboxylic acids is 1. The average molecular weight is 249 g/mol. The second-order valence-electron chi connectivity index (χ2n) is 4.23. The van der Waals surface area contributed by atoms with E-state index in [1.165, 1.54) is 10.4 Å². The fourth-order valence-electron chi connectivity index (χ4n) is 2.12. The Morgan fingerprint density at radius 2 is 2.41 bits per heavy atom. The summed E-state index contributed by atoms with van der Waals surface area (Å²) in [7, 11) is 1.83. The van der Waals surface area contributed by atoms with Crippen molar-refractivity contribution in [3.05, 3.63) is 21.9 Å². The number of hydrogen-bond donors (Lipinski definition) is 0. The first-order valence-corrected chi connectivity index (χ1v) is 6.45. The summed E-state index contributed by atoms with van der Waals surface area (Å²) in [6.45, 7) is 3.29. The van der Waals surface area contributed by atoms with Crippen LogP contribution in [-0.2, 0) is 0 Å². The highest BCUT2D eigenvalue weighted by atomic mass is 32.1. The lowest BCUT2D eigenvalue weighted by atomic mass is 10.1. The third kappa shape index (κ3) is 2.13. The number of likely N-dealkylation sites (N-methyl/N-ethyl adjacent to an activating group) is 1. The summed E-state index contributed by atoms with van der Waals surface area (Å²) in [4.78, 5) is 16.8. The van der Waals surface area contributed by atoms with Crippen molar-refractivity contribution in [2.45, 2.75) is 19.4 Å². The molecule has 5 heteroatoms. The molecule has 0 aromatic carbocycles. The molecule has 1 aliphatic rings. The van der Waals surface area contributed by atoms with Crippen molar-refractivity contribution in [3.8, 4) is 6.07 Å². The number of amides is 2. The molecule has 0 bridgehead atoms. The number of carbonyl (C=O) groups is 1. The number of hydrogen-bond acceptors (Lipinski definition) is 3. The Labute approximate surface area is 105 Å². The first kappa shape index (κ1) is 11.9. The van der Waals surface area contributed by atoms with Gasteiger partial charge in [-0.15, -0.1) is 11.3 Å². The van der Waals surface area contributed by atoms with Gasteiger partial charge in [-0.05, 0) is 23.9 Å². The zero-order valence-electron chi connectivity index (χ0n) is 10.0. The maximum Gasteiger partial charge on any atom is 0.320 e. The molecular formula is C12H15N3OS. The molecule has 0 N–H and O–H groups in total. The second kappa shape index (κ2) is 4.76. The van der Waals surface area contributed by atoms with E-state index in [0.717, 1.165) is 0 Å². The molecular weight excluding hydrogens is 234 g/mol. The summed E-state index contributed by atoms with van der Waals surface area (Å²) in [6, 6.07) is 4.33. The number of urea groups is 1. The van der Waals surface area contributed by atoms with E-state index >= 15 is 0 Å². The Hall–Kier alpha value is -1.54. The second-order valence-corrected chi connectivity index (χ2v) is 5.18. The predicted octanol–water partition coefficient (Wildman–Crippen LogP) is 2.38. The molecule has 1 aliphatic heterocycles. The van der Waals surface area contributed by atoms with Crippen LogP contribution in [0, 0.1) is 18.3 Å². The Morgan fingerprint density at radius 1 is 1.65 bits per heavy atom. The molecule has 4 nitrogen and oxygen atoms in total. The minimum absolute atomic E-state index is 0.0260. The molecule has 1 unspecified atom stereocenters. The smallest absolute Gasteiger partial charge is 0.320 e. The van der Waals surface area contributed by atoms with Gasteiger partial charge in [-0.3, -0.25) is 0 Å². The van der Waals surface area contributed by atoms with E-state index in [-0.39, 0.29) is 12.1 Å². The van der Waals surface area contributed by atoms with Crippen LogP contribution in [0.25, 0.3) is 0 Å². The monoisotopic (exact) mass is 249 g/mol. The first-order chi connectivity index (χ1) is 8.15. The number of aryl methyl sites for hydroxylation is 1. The standard InChI is InChI=1S/C12H15N3OS/c1-9-4-7-17-11(9)10-8-15(6-3-5-13)12(16)14(10)2/h4,7,10H,3,6,8H2,1-2H3. The zero-order chi connectivity index (χ0) is 12.4. The zero-order valence-corrected chi connectivity index (χ0v) is 10.8. The predicted molar refractivity (Wildman–Crippen MR) is 66.8 cm³/mol. The van der Waals surface area contributed by atoms with Crippen molar-refractivity contribution >= 4 is 17.4 Å². The van der Waals surface area contributed by atoms with Gasteiger partial charge >= 0.3 is 6.03 Å². The molecule has 0 spiro atoms. The van der Waals surface area contributed by atoms with Gasteiger partial charge < -0.3 is 9.80 Å². The molecule has 0 aliphatic carbocycles. The lowest BCUT2D eigenvalue weighted by molar-refractivity contribution is 0.196. The van der Waals surface area contributed by atoms with Crippen molar-refractivity contribution in [1.82, 2.24) is 9.80 Å². The summed E-state index contributed by atoms with van der Waals surface area (Å²) < 4.78 is 0. The largest absolute Gasteiger partial charge is 0.321 e. The van der Waals surface area contributed by atoms with Crippen LogP contribution in [0.5, 0.6) is 0 Å². The molecule has 2 heterocycles. The van der Waals surface area contributed by atoms with E-state index in [0.29, 0.717) is 19.5 Å². The normalized spacial score (nSPS) is 19.8. The fourth-order valence-corrected chi connectivity index (χ4v) is 3.18. The van der Waals surface area contributed by atoms with Crippen LogP contribution in [-0.4, -0.2) is 36.0 Å². The van der Waals surface area contributed by atoms with E-state index in [1.54, 1.807) is 21.1 Å². The van der Waals surface area contributed by atoms with Crippen LogP contribution in [0.2, 0.25) is 0 Å². The number of thiophene rings is 1. The summed E-state index contributed by atoms with van der Waals surface area (Å²) in [5.74, 6) is 0. The average Bonchev–Trinajstić information content (AvgIpc) is 2.84. The highest BCUT2D eigenvalue weighted by Crippen LogP contribution is 2.33. The van der Waals surface area contributed by atoms with Crippen LogP contribution in [0.4, 0.5) is 4.79 Å². The van der Waals surface area contributed by atoms with Crippen molar-refractivity contribution < 1.29 is 4.79 Å². The van der Waals surface area contributed by atoms with Crippen LogP contribution in [0.3, 0.4) is 0 Å². The van der Waals surface area contributed by atoms with E-state index in [2.05, 4.69) is 24.4 Å². The molecule has 17 heavy (non-hydrogen) atoms. The maximum absolute atomic E-state index is 12.0. The van der Waals surface area contributed by atoms with Crippen LogP contribution >= 0.6 is 11.3 Å². The van der Waals surface area contributed by atoms with Crippen molar-refractivity contribution in [2.24, 2.45) is 0 Å². The fraction of sp³-hybridized carbons (Fsp3) is 0.500. The third-order valence-electron chi connectivity index (χ3n) is 3.13. The minimum atomic E-state index is 0.0260. The van der Waals surface area contributed by atoms with E-state index in [1.807, 2.05) is 7.05 Å². The molecule has 2 rings (SSSR count). The lowest BCUT2D eigenvalue weighted by Gasteiger charge is -2.17. The highest BCUT2D eigenvalue weighted by Gasteiger charge is 2.36. The molecule has 1 aromatic heterocycles. The SMILES string of the molecule is Cc1ccsc1C1CN(CCC#N)C(=O)N1C. The Balaban J connectivity index is 2.15. The first-order valence-electron chi connectivity index (χ1n) is 5.58. The van der Waals surface area contributed by atoms with E-state index in [4.69, 9.17) is 5.26 Å². The van der Waals surface area contributed by atoms with Gasteiger partial charge in [0, 0.05) is 25.0 Å². The summed E-state index contributed by atoms with van der Waals surface area (Å²) in [5.41, 5.74) is 1.24. The molecule has 1 aromatic rings. The van der Waals surface area contributed by atoms with Crippen molar-refractivity contribution in [1.29, 1.82) is 5.26 Å². The Morgan fingerprint density at radius 3 is 3.00 bits per heavy atom. The van der Waals surface area contributed by atoms with Crippen LogP contribution in [0.15, 0.2) is 11.4 Å². The summed E-state index contributed by atoms with van der Waals surface area (Å²) in [6.07, 6.45) is 0.399. The van der Waals surface area contributed by atoms with Crippen LogP contribution < -0.4 is 0 Å². The van der Waals surface area contributed by atoms with Gasteiger partial charge in [-0.2, -0.15) is 5.26 Å². The molecule has 0 saturated carbocycles. The number of nitriles is 1. The van der Waals surface area contributed by atoms with E-state index in [9.17, 15) is 4.79 Å². The van der Waals surface area contributed by atoms with Gasteiger partial charge in [-0.1, -0.05) is 0 Å². The van der Waals surface area contributed by atoms with Gasteiger partial charge in [0.05, 0.1) is 18.5 Å². The maximum atomic E-state index is 12.0. The summed E-state index contributed by atoms with van der Waals surface area (Å²) >= 11 is 1.69. The summed E-state index contributed by atoms with van der Waals surface area (Å²) in [5, 5.41) is 10.6. The highest BCUT2D eigenvalue weighted by molar-refractivity contribution is 7.10. The van der Waals surface area contributed by atoms with E-state index < -0.39 is 0 Å². The number of rotatable bonds is 3. The molecule has 1 fully saturated rings. The molecule has 0 radical (unpaired) electrons. The van der Waals surface area contributed by atoms with Gasteiger partial charge in [-0.25, -0.2) is 4.79 Å².